The summed E-state index contributed by atoms with van der Waals surface area (Å²) in [5.74, 6) is 1.16. The Kier molecular flexibility index (Phi) is 6.48. The van der Waals surface area contributed by atoms with Crippen LogP contribution in [0.1, 0.15) is 57.2 Å². The number of aliphatic hydroxyl groups is 1. The second-order valence-corrected chi connectivity index (χ2v) is 7.57. The maximum absolute atomic E-state index is 12.2. The van der Waals surface area contributed by atoms with Gasteiger partial charge in [0.2, 0.25) is 5.91 Å². The summed E-state index contributed by atoms with van der Waals surface area (Å²) in [5, 5.41) is 13.4. The number of aryl methyl sites for hydroxylation is 2. The smallest absolute Gasteiger partial charge is 0.220 e. The van der Waals surface area contributed by atoms with Crippen LogP contribution in [0.2, 0.25) is 0 Å². The Bertz CT molecular complexity index is 551. The highest BCUT2D eigenvalue weighted by Gasteiger charge is 2.31. The van der Waals surface area contributed by atoms with Crippen molar-refractivity contribution < 1.29 is 9.90 Å². The van der Waals surface area contributed by atoms with E-state index in [1.54, 1.807) is 6.20 Å². The number of nitrogens with one attached hydrogen (secondary N) is 1. The predicted octanol–water partition coefficient (Wildman–Crippen LogP) is 1.86. The molecule has 3 rings (SSSR count). The van der Waals surface area contributed by atoms with E-state index in [4.69, 9.17) is 0 Å². The van der Waals surface area contributed by atoms with Crippen molar-refractivity contribution in [2.45, 2.75) is 83.0 Å². The van der Waals surface area contributed by atoms with Gasteiger partial charge in [0.25, 0.3) is 0 Å². The van der Waals surface area contributed by atoms with Gasteiger partial charge >= 0.3 is 0 Å². The molecule has 2 unspecified atom stereocenters. The zero-order valence-corrected chi connectivity index (χ0v) is 15.4. The van der Waals surface area contributed by atoms with Gasteiger partial charge in [0.1, 0.15) is 5.82 Å². The Morgan fingerprint density at radius 1 is 1.28 bits per heavy atom. The molecule has 0 bridgehead atoms. The molecule has 2 fully saturated rings. The third-order valence-electron chi connectivity index (χ3n) is 5.78. The number of amides is 1. The number of nitrogens with zero attached hydrogens (tertiary/aromatic N) is 3. The van der Waals surface area contributed by atoms with Gasteiger partial charge in [-0.25, -0.2) is 4.98 Å². The number of rotatable bonds is 6. The Morgan fingerprint density at radius 3 is 2.72 bits per heavy atom. The summed E-state index contributed by atoms with van der Waals surface area (Å²) < 4.78 is 2.08. The predicted molar refractivity (Wildman–Crippen MR) is 97.2 cm³/mol. The van der Waals surface area contributed by atoms with E-state index in [2.05, 4.69) is 19.8 Å². The lowest BCUT2D eigenvalue weighted by molar-refractivity contribution is -0.122. The van der Waals surface area contributed by atoms with E-state index in [-0.39, 0.29) is 12.0 Å². The monoisotopic (exact) mass is 348 g/mol. The summed E-state index contributed by atoms with van der Waals surface area (Å²) in [6.45, 7) is 4.80. The molecule has 1 aromatic heterocycles. The van der Waals surface area contributed by atoms with Crippen molar-refractivity contribution in [1.29, 1.82) is 0 Å². The molecule has 140 valence electrons. The Labute approximate surface area is 150 Å². The summed E-state index contributed by atoms with van der Waals surface area (Å²) in [7, 11) is 0. The van der Waals surface area contributed by atoms with Gasteiger partial charge in [-0.3, -0.25) is 9.69 Å². The van der Waals surface area contributed by atoms with Gasteiger partial charge in [-0.05, 0) is 39.0 Å². The van der Waals surface area contributed by atoms with Crippen LogP contribution in [0.3, 0.4) is 0 Å². The molecule has 1 aliphatic heterocycles. The third kappa shape index (κ3) is 5.05. The van der Waals surface area contributed by atoms with Crippen molar-refractivity contribution in [3.8, 4) is 0 Å². The maximum atomic E-state index is 12.2. The summed E-state index contributed by atoms with van der Waals surface area (Å²) in [6.07, 6.45) is 11.4. The van der Waals surface area contributed by atoms with Crippen LogP contribution in [0, 0.1) is 6.92 Å². The fraction of sp³-hybridized carbons (Fsp3) is 0.789. The number of carbonyl (C=O) groups is 1. The van der Waals surface area contributed by atoms with E-state index in [0.717, 1.165) is 64.0 Å². The average molecular weight is 348 g/mol. The van der Waals surface area contributed by atoms with Crippen molar-refractivity contribution in [2.75, 3.05) is 13.1 Å². The highest BCUT2D eigenvalue weighted by molar-refractivity contribution is 5.76. The van der Waals surface area contributed by atoms with Crippen LogP contribution in [0.25, 0.3) is 0 Å². The van der Waals surface area contributed by atoms with Gasteiger partial charge in [-0.1, -0.05) is 12.8 Å². The van der Waals surface area contributed by atoms with Crippen molar-refractivity contribution in [3.05, 3.63) is 18.2 Å². The molecule has 0 aromatic carbocycles. The normalized spacial score (nSPS) is 25.8. The molecule has 1 saturated carbocycles. The molecule has 1 aliphatic carbocycles. The third-order valence-corrected chi connectivity index (χ3v) is 5.78. The van der Waals surface area contributed by atoms with Crippen molar-refractivity contribution >= 4 is 5.91 Å². The van der Waals surface area contributed by atoms with Gasteiger partial charge in [0.05, 0.1) is 6.10 Å². The quantitative estimate of drug-likeness (QED) is 0.823. The van der Waals surface area contributed by atoms with E-state index in [9.17, 15) is 9.90 Å². The minimum absolute atomic E-state index is 0.161. The molecular weight excluding hydrogens is 316 g/mol. The van der Waals surface area contributed by atoms with Gasteiger partial charge < -0.3 is 15.0 Å². The highest BCUT2D eigenvalue weighted by atomic mass is 16.3. The van der Waals surface area contributed by atoms with Crippen molar-refractivity contribution in [1.82, 2.24) is 19.8 Å². The molecule has 25 heavy (non-hydrogen) atoms. The molecule has 1 saturated heterocycles. The first-order chi connectivity index (χ1) is 12.1. The van der Waals surface area contributed by atoms with E-state index in [1.807, 2.05) is 13.1 Å². The van der Waals surface area contributed by atoms with Crippen LogP contribution < -0.4 is 5.32 Å². The number of piperidine rings is 1. The molecule has 1 amide bonds. The van der Waals surface area contributed by atoms with Crippen LogP contribution in [-0.4, -0.2) is 56.7 Å². The molecule has 2 aliphatic rings. The van der Waals surface area contributed by atoms with E-state index in [1.165, 1.54) is 6.42 Å². The number of imidazole rings is 1. The fourth-order valence-electron chi connectivity index (χ4n) is 4.24. The minimum atomic E-state index is -0.161. The fourth-order valence-corrected chi connectivity index (χ4v) is 4.24. The summed E-state index contributed by atoms with van der Waals surface area (Å²) in [4.78, 5) is 18.8. The van der Waals surface area contributed by atoms with E-state index < -0.39 is 0 Å². The van der Waals surface area contributed by atoms with Gasteiger partial charge in [0.15, 0.2) is 0 Å². The standard InChI is InChI=1S/C19H32N4O2/c1-15-20-10-14-22(15)11-4-7-19(25)21-16-8-12-23(13-9-16)17-5-2-3-6-18(17)24/h10,14,16-18,24H,2-9,11-13H2,1H3,(H,21,25). The Morgan fingerprint density at radius 2 is 2.04 bits per heavy atom. The van der Waals surface area contributed by atoms with Gasteiger partial charge in [0, 0.05) is 50.5 Å². The van der Waals surface area contributed by atoms with Gasteiger partial charge in [-0.2, -0.15) is 0 Å². The second-order valence-electron chi connectivity index (χ2n) is 7.57. The molecule has 1 aromatic rings. The maximum Gasteiger partial charge on any atom is 0.220 e. The van der Waals surface area contributed by atoms with Crippen LogP contribution in [-0.2, 0) is 11.3 Å². The van der Waals surface area contributed by atoms with E-state index in [0.29, 0.717) is 18.5 Å². The first-order valence-electron chi connectivity index (χ1n) is 9.82. The number of aromatic nitrogens is 2. The van der Waals surface area contributed by atoms with Crippen molar-refractivity contribution in [3.63, 3.8) is 0 Å². The lowest BCUT2D eigenvalue weighted by Crippen LogP contribution is -2.52. The number of aliphatic hydroxyl groups excluding tert-OH is 1. The molecule has 0 radical (unpaired) electrons. The number of likely N-dealkylation sites (tertiary alicyclic amines) is 1. The lowest BCUT2D eigenvalue weighted by Gasteiger charge is -2.41. The molecule has 6 nitrogen and oxygen atoms in total. The first kappa shape index (κ1) is 18.4. The van der Waals surface area contributed by atoms with Crippen molar-refractivity contribution in [2.24, 2.45) is 0 Å². The van der Waals surface area contributed by atoms with Crippen LogP contribution >= 0.6 is 0 Å². The molecule has 2 N–H and O–H groups in total. The zero-order valence-electron chi connectivity index (χ0n) is 15.4. The summed E-state index contributed by atoms with van der Waals surface area (Å²) >= 11 is 0. The molecule has 2 heterocycles. The zero-order chi connectivity index (χ0) is 17.6. The second kappa shape index (κ2) is 8.81. The van der Waals surface area contributed by atoms with Crippen LogP contribution in [0.5, 0.6) is 0 Å². The van der Waals surface area contributed by atoms with Gasteiger partial charge in [-0.15, -0.1) is 0 Å². The number of hydrogen-bond donors (Lipinski definition) is 2. The average Bonchev–Trinajstić information content (AvgIpc) is 3.01. The summed E-state index contributed by atoms with van der Waals surface area (Å²) in [6, 6.07) is 0.628. The molecular formula is C19H32N4O2. The summed E-state index contributed by atoms with van der Waals surface area (Å²) in [5.41, 5.74) is 0. The largest absolute Gasteiger partial charge is 0.391 e. The van der Waals surface area contributed by atoms with E-state index >= 15 is 0 Å². The Hall–Kier alpha value is -1.40. The molecule has 0 spiro atoms. The van der Waals surface area contributed by atoms with Crippen LogP contribution in [0.15, 0.2) is 12.4 Å². The topological polar surface area (TPSA) is 70.4 Å². The van der Waals surface area contributed by atoms with Crippen LogP contribution in [0.4, 0.5) is 0 Å². The SMILES string of the molecule is Cc1nccn1CCCC(=O)NC1CCN(C2CCCCC2O)CC1. The molecule has 6 heteroatoms. The minimum Gasteiger partial charge on any atom is -0.391 e. The first-order valence-corrected chi connectivity index (χ1v) is 9.82. The Balaban J connectivity index is 1.34. The number of hydrogen-bond acceptors (Lipinski definition) is 4. The molecule has 2 atom stereocenters. The lowest BCUT2D eigenvalue weighted by atomic mass is 9.89. The number of carbonyl (C=O) groups excluding carboxylic acids is 1. The highest BCUT2D eigenvalue weighted by Crippen LogP contribution is 2.25.